The molecule has 0 aliphatic heterocycles. The van der Waals surface area contributed by atoms with Gasteiger partial charge in [0.25, 0.3) is 0 Å². The van der Waals surface area contributed by atoms with E-state index >= 15 is 0 Å². The molecule has 0 saturated heterocycles. The molecule has 0 heterocycles. The summed E-state index contributed by atoms with van der Waals surface area (Å²) in [5.41, 5.74) is 5.68. The van der Waals surface area contributed by atoms with Crippen molar-refractivity contribution in [2.75, 3.05) is 18.4 Å². The molecule has 1 unspecified atom stereocenters. The lowest BCUT2D eigenvalue weighted by Gasteiger charge is -2.27. The molecule has 3 atom stereocenters. The third kappa shape index (κ3) is 15.7. The van der Waals surface area contributed by atoms with Gasteiger partial charge in [0.2, 0.25) is 23.6 Å². The van der Waals surface area contributed by atoms with Gasteiger partial charge in [0, 0.05) is 19.2 Å². The Hall–Kier alpha value is -4.14. The average Bonchev–Trinajstić information content (AvgIpc) is 2.97. The first-order chi connectivity index (χ1) is 21.5. The van der Waals surface area contributed by atoms with Crippen molar-refractivity contribution in [1.29, 1.82) is 0 Å². The molecular weight excluding hydrogens is 593 g/mol. The Labute approximate surface area is 272 Å². The Kier molecular flexibility index (Phi) is 17.4. The lowest BCUT2D eigenvalue weighted by molar-refractivity contribution is -0.154. The number of carbonyl (C=O) groups excluding carboxylic acids is 6. The smallest absolute Gasteiger partial charge is 0.312 e. The molecular formula is C31H50BN7O7. The zero-order valence-electron chi connectivity index (χ0n) is 27.8. The van der Waals surface area contributed by atoms with E-state index in [1.165, 1.54) is 6.92 Å². The van der Waals surface area contributed by atoms with Crippen molar-refractivity contribution in [1.82, 2.24) is 26.5 Å². The monoisotopic (exact) mass is 643 g/mol. The van der Waals surface area contributed by atoms with Crippen molar-refractivity contribution in [3.05, 3.63) is 29.8 Å². The second-order valence-electron chi connectivity index (χ2n) is 12.4. The molecule has 0 aromatic heterocycles. The van der Waals surface area contributed by atoms with Gasteiger partial charge < -0.3 is 42.3 Å². The molecule has 46 heavy (non-hydrogen) atoms. The maximum absolute atomic E-state index is 13.5. The molecule has 0 spiro atoms. The Bertz CT molecular complexity index is 1170. The van der Waals surface area contributed by atoms with Crippen LogP contribution in [0.5, 0.6) is 0 Å². The Balaban J connectivity index is 3.01. The number of unbranched alkanes of at least 4 members (excludes halogenated alkanes) is 1. The highest BCUT2D eigenvalue weighted by Crippen LogP contribution is 2.18. The van der Waals surface area contributed by atoms with E-state index in [1.54, 1.807) is 58.9 Å². The van der Waals surface area contributed by atoms with Crippen LogP contribution in [-0.4, -0.2) is 74.8 Å². The first kappa shape index (κ1) is 39.9. The fraction of sp³-hybridized carbons (Fsp3) is 0.613. The van der Waals surface area contributed by atoms with Crippen molar-refractivity contribution < 1.29 is 33.5 Å². The second-order valence-corrected chi connectivity index (χ2v) is 12.4. The first-order valence-corrected chi connectivity index (χ1v) is 15.5. The van der Waals surface area contributed by atoms with Crippen LogP contribution in [0.4, 0.5) is 10.5 Å². The van der Waals surface area contributed by atoms with E-state index in [-0.39, 0.29) is 37.4 Å². The van der Waals surface area contributed by atoms with E-state index in [0.29, 0.717) is 37.9 Å². The fourth-order valence-electron chi connectivity index (χ4n) is 4.21. The van der Waals surface area contributed by atoms with E-state index in [2.05, 4.69) is 31.8 Å². The lowest BCUT2D eigenvalue weighted by atomic mass is 9.97. The number of carbonyl (C=O) groups is 6. The van der Waals surface area contributed by atoms with Crippen LogP contribution in [0.25, 0.3) is 0 Å². The number of nitrogens with two attached hydrogens (primary N) is 1. The Morgan fingerprint density at radius 1 is 0.826 bits per heavy atom. The second kappa shape index (κ2) is 20.1. The van der Waals surface area contributed by atoms with Crippen LogP contribution in [0.2, 0.25) is 0 Å². The number of amides is 6. The molecule has 14 nitrogen and oxygen atoms in total. The van der Waals surface area contributed by atoms with E-state index in [0.717, 1.165) is 5.56 Å². The predicted octanol–water partition coefficient (Wildman–Crippen LogP) is 1.14. The van der Waals surface area contributed by atoms with Crippen LogP contribution < -0.4 is 37.5 Å². The van der Waals surface area contributed by atoms with Gasteiger partial charge in [-0.25, -0.2) is 4.79 Å². The van der Waals surface area contributed by atoms with E-state index in [9.17, 15) is 28.8 Å². The maximum Gasteiger partial charge on any atom is 0.312 e. The molecule has 2 radical (unpaired) electrons. The summed E-state index contributed by atoms with van der Waals surface area (Å²) in [6, 6.07) is 3.10. The van der Waals surface area contributed by atoms with Gasteiger partial charge >= 0.3 is 12.0 Å². The van der Waals surface area contributed by atoms with E-state index < -0.39 is 47.3 Å². The van der Waals surface area contributed by atoms with Gasteiger partial charge in [-0.15, -0.1) is 0 Å². The van der Waals surface area contributed by atoms with Crippen LogP contribution in [0.15, 0.2) is 24.3 Å². The maximum atomic E-state index is 13.5. The van der Waals surface area contributed by atoms with Crippen molar-refractivity contribution in [3.63, 3.8) is 0 Å². The van der Waals surface area contributed by atoms with Crippen LogP contribution in [0.1, 0.15) is 79.2 Å². The Morgan fingerprint density at radius 2 is 1.43 bits per heavy atom. The van der Waals surface area contributed by atoms with Crippen LogP contribution >= 0.6 is 0 Å². The molecule has 0 aliphatic carbocycles. The summed E-state index contributed by atoms with van der Waals surface area (Å²) >= 11 is 0. The highest BCUT2D eigenvalue weighted by molar-refractivity contribution is 6.04. The SMILES string of the molecule is [B]NCCCC[C@H](NC(C)=O)C(=O)NC(C(=O)N[C@@H](CCCNC(N)=O)C(=O)Nc1ccc(COC(=O)C(C)(C)C)cc1)C(C)C. The lowest BCUT2D eigenvalue weighted by Crippen LogP contribution is -2.57. The molecule has 6 amide bonds. The van der Waals surface area contributed by atoms with Gasteiger partial charge in [0.1, 0.15) is 24.7 Å². The van der Waals surface area contributed by atoms with Crippen molar-refractivity contribution in [2.45, 2.75) is 98.4 Å². The number of primary amides is 1. The van der Waals surface area contributed by atoms with Crippen molar-refractivity contribution in [2.24, 2.45) is 17.1 Å². The summed E-state index contributed by atoms with van der Waals surface area (Å²) in [4.78, 5) is 74.9. The standard InChI is InChI=1S/C31H50BN7O7/c1-19(2)25(39-27(42)23(36-20(3)40)10-7-8-17-35-32)28(43)38-24(11-9-16-34-30(33)45)26(41)37-22-14-12-21(13-15-22)18-46-29(44)31(4,5)6/h12-15,19,23-25,35H,7-11,16-18H2,1-6H3,(H,36,40)(H,37,41)(H,38,43)(H,39,42)(H3,33,34,45)/t23-,24-,25?/m0/s1. The minimum Gasteiger partial charge on any atom is -0.460 e. The van der Waals surface area contributed by atoms with Gasteiger partial charge in [-0.1, -0.05) is 26.0 Å². The summed E-state index contributed by atoms with van der Waals surface area (Å²) in [5.74, 6) is -2.71. The molecule has 1 aromatic rings. The molecule has 0 fully saturated rings. The summed E-state index contributed by atoms with van der Waals surface area (Å²) in [6.45, 7) is 10.9. The molecule has 254 valence electrons. The zero-order valence-corrected chi connectivity index (χ0v) is 27.8. The third-order valence-electron chi connectivity index (χ3n) is 6.81. The molecule has 1 rings (SSSR count). The van der Waals surface area contributed by atoms with Crippen molar-refractivity contribution >= 4 is 49.3 Å². The van der Waals surface area contributed by atoms with E-state index in [4.69, 9.17) is 18.5 Å². The quantitative estimate of drug-likeness (QED) is 0.0659. The number of rotatable bonds is 19. The molecule has 0 saturated carbocycles. The van der Waals surface area contributed by atoms with Gasteiger partial charge in [-0.3, -0.25) is 24.0 Å². The molecule has 0 aliphatic rings. The van der Waals surface area contributed by atoms with Gasteiger partial charge in [-0.2, -0.15) is 0 Å². The largest absolute Gasteiger partial charge is 0.460 e. The number of esters is 1. The normalized spacial score (nSPS) is 13.1. The number of nitrogens with one attached hydrogen (secondary N) is 6. The average molecular weight is 644 g/mol. The summed E-state index contributed by atoms with van der Waals surface area (Å²) in [6.07, 6.45) is 2.10. The fourth-order valence-corrected chi connectivity index (χ4v) is 4.21. The van der Waals surface area contributed by atoms with Crippen molar-refractivity contribution in [3.8, 4) is 0 Å². The van der Waals surface area contributed by atoms with Crippen LogP contribution in [-0.2, 0) is 35.3 Å². The number of hydrogen-bond donors (Lipinski definition) is 7. The topological polar surface area (TPSA) is 210 Å². The van der Waals surface area contributed by atoms with Gasteiger partial charge in [0.15, 0.2) is 7.98 Å². The van der Waals surface area contributed by atoms with Gasteiger partial charge in [0.05, 0.1) is 5.41 Å². The zero-order chi connectivity index (χ0) is 34.9. The van der Waals surface area contributed by atoms with Crippen LogP contribution in [0, 0.1) is 11.3 Å². The van der Waals surface area contributed by atoms with Crippen LogP contribution in [0.3, 0.4) is 0 Å². The molecule has 8 N–H and O–H groups in total. The van der Waals surface area contributed by atoms with Gasteiger partial charge in [-0.05, 0) is 83.0 Å². The molecule has 0 bridgehead atoms. The summed E-state index contributed by atoms with van der Waals surface area (Å²) in [7, 11) is 5.30. The molecule has 15 heteroatoms. The Morgan fingerprint density at radius 3 is 1.98 bits per heavy atom. The number of ether oxygens (including phenoxy) is 1. The number of urea groups is 1. The van der Waals surface area contributed by atoms with E-state index in [1.807, 2.05) is 0 Å². The minimum atomic E-state index is -1.03. The number of hydrogen-bond acceptors (Lipinski definition) is 8. The molecule has 1 aromatic carbocycles. The minimum absolute atomic E-state index is 0.0753. The summed E-state index contributed by atoms with van der Waals surface area (Å²) in [5, 5.41) is 15.9. The number of anilines is 1. The summed E-state index contributed by atoms with van der Waals surface area (Å²) < 4.78 is 5.33. The first-order valence-electron chi connectivity index (χ1n) is 15.5. The third-order valence-corrected chi connectivity index (χ3v) is 6.81. The highest BCUT2D eigenvalue weighted by atomic mass is 16.5. The highest BCUT2D eigenvalue weighted by Gasteiger charge is 2.31. The predicted molar refractivity (Wildman–Crippen MR) is 175 cm³/mol. The number of benzene rings is 1.